The summed E-state index contributed by atoms with van der Waals surface area (Å²) in [6.45, 7) is 4.53. The van der Waals surface area contributed by atoms with Gasteiger partial charge in [-0.2, -0.15) is 0 Å². The molecule has 1 atom stereocenters. The van der Waals surface area contributed by atoms with Crippen LogP contribution in [0.25, 0.3) is 0 Å². The number of nitrogens with one attached hydrogen (secondary N) is 2. The molecule has 110 valence electrons. The minimum atomic E-state index is -0.644. The van der Waals surface area contributed by atoms with Crippen LogP contribution in [0.3, 0.4) is 0 Å². The first-order valence-electron chi connectivity index (χ1n) is 6.64. The van der Waals surface area contributed by atoms with Gasteiger partial charge in [0, 0.05) is 13.5 Å². The number of methoxy groups -OCH3 is 1. The summed E-state index contributed by atoms with van der Waals surface area (Å²) in [7, 11) is 1.31. The standard InChI is InChI=1S/C15H22N2O3/c1-11-5-4-6-13(9-11)7-8-16-10-14(15(19)20-3)17-12(2)18/h4-6,9,14,16H,7-8,10H2,1-3H3,(H,17,18). The minimum Gasteiger partial charge on any atom is -0.467 e. The molecule has 0 heterocycles. The maximum Gasteiger partial charge on any atom is 0.329 e. The Morgan fingerprint density at radius 3 is 2.70 bits per heavy atom. The van der Waals surface area contributed by atoms with Crippen molar-refractivity contribution in [2.45, 2.75) is 26.3 Å². The number of hydrogen-bond acceptors (Lipinski definition) is 4. The van der Waals surface area contributed by atoms with Crippen LogP contribution in [0.15, 0.2) is 24.3 Å². The largest absolute Gasteiger partial charge is 0.467 e. The van der Waals surface area contributed by atoms with Crippen molar-refractivity contribution in [3.8, 4) is 0 Å². The van der Waals surface area contributed by atoms with Crippen LogP contribution in [-0.4, -0.2) is 38.1 Å². The van der Waals surface area contributed by atoms with Crippen molar-refractivity contribution in [2.24, 2.45) is 0 Å². The molecular formula is C15H22N2O3. The molecular weight excluding hydrogens is 256 g/mol. The van der Waals surface area contributed by atoms with Crippen LogP contribution in [0.5, 0.6) is 0 Å². The van der Waals surface area contributed by atoms with Crippen molar-refractivity contribution in [1.82, 2.24) is 10.6 Å². The van der Waals surface area contributed by atoms with E-state index in [1.165, 1.54) is 25.2 Å². The van der Waals surface area contributed by atoms with Gasteiger partial charge in [-0.3, -0.25) is 4.79 Å². The average Bonchev–Trinajstić information content (AvgIpc) is 2.41. The highest BCUT2D eigenvalue weighted by Crippen LogP contribution is 2.03. The number of amides is 1. The summed E-state index contributed by atoms with van der Waals surface area (Å²) < 4.78 is 4.65. The summed E-state index contributed by atoms with van der Waals surface area (Å²) in [5, 5.41) is 5.72. The maximum absolute atomic E-state index is 11.5. The molecule has 0 aliphatic heterocycles. The summed E-state index contributed by atoms with van der Waals surface area (Å²) in [6, 6.07) is 7.64. The Labute approximate surface area is 119 Å². The lowest BCUT2D eigenvalue weighted by molar-refractivity contribution is -0.144. The highest BCUT2D eigenvalue weighted by atomic mass is 16.5. The molecule has 0 saturated heterocycles. The van der Waals surface area contributed by atoms with E-state index in [-0.39, 0.29) is 5.91 Å². The molecule has 5 heteroatoms. The Morgan fingerprint density at radius 2 is 2.10 bits per heavy atom. The summed E-state index contributed by atoms with van der Waals surface area (Å²) in [4.78, 5) is 22.5. The third kappa shape index (κ3) is 5.84. The Bertz CT molecular complexity index is 460. The molecule has 0 aliphatic rings. The zero-order valence-corrected chi connectivity index (χ0v) is 12.2. The first-order chi connectivity index (χ1) is 9.52. The number of ether oxygens (including phenoxy) is 1. The van der Waals surface area contributed by atoms with E-state index in [4.69, 9.17) is 0 Å². The van der Waals surface area contributed by atoms with Gasteiger partial charge in [-0.15, -0.1) is 0 Å². The van der Waals surface area contributed by atoms with Crippen LogP contribution in [0.4, 0.5) is 0 Å². The van der Waals surface area contributed by atoms with Gasteiger partial charge in [0.05, 0.1) is 7.11 Å². The van der Waals surface area contributed by atoms with Gasteiger partial charge in [0.1, 0.15) is 6.04 Å². The van der Waals surface area contributed by atoms with Crippen molar-refractivity contribution in [3.63, 3.8) is 0 Å². The van der Waals surface area contributed by atoms with E-state index in [0.29, 0.717) is 6.54 Å². The molecule has 2 N–H and O–H groups in total. The number of esters is 1. The Balaban J connectivity index is 2.37. The zero-order chi connectivity index (χ0) is 15.0. The third-order valence-electron chi connectivity index (χ3n) is 2.88. The van der Waals surface area contributed by atoms with E-state index in [1.807, 2.05) is 6.07 Å². The number of benzene rings is 1. The molecule has 1 unspecified atom stereocenters. The predicted octanol–water partition coefficient (Wildman–Crippen LogP) is 0.805. The third-order valence-corrected chi connectivity index (χ3v) is 2.88. The Hall–Kier alpha value is -1.88. The smallest absolute Gasteiger partial charge is 0.329 e. The van der Waals surface area contributed by atoms with E-state index in [0.717, 1.165) is 13.0 Å². The molecule has 1 aromatic carbocycles. The molecule has 0 bridgehead atoms. The number of carbonyl (C=O) groups is 2. The number of rotatable bonds is 7. The number of aryl methyl sites for hydroxylation is 1. The summed E-state index contributed by atoms with van der Waals surface area (Å²) in [5.74, 6) is -0.691. The van der Waals surface area contributed by atoms with Gasteiger partial charge in [0.25, 0.3) is 0 Å². The fraction of sp³-hybridized carbons (Fsp3) is 0.467. The van der Waals surface area contributed by atoms with E-state index in [9.17, 15) is 9.59 Å². The highest BCUT2D eigenvalue weighted by Gasteiger charge is 2.19. The molecule has 1 amide bonds. The van der Waals surface area contributed by atoms with Gasteiger partial charge in [0.2, 0.25) is 5.91 Å². The summed E-state index contributed by atoms with van der Waals surface area (Å²) in [6.07, 6.45) is 0.871. The molecule has 1 aromatic rings. The molecule has 0 aliphatic carbocycles. The van der Waals surface area contributed by atoms with Crippen LogP contribution in [0, 0.1) is 6.92 Å². The number of carbonyl (C=O) groups excluding carboxylic acids is 2. The SMILES string of the molecule is COC(=O)C(CNCCc1cccc(C)c1)NC(C)=O. The molecule has 0 aromatic heterocycles. The maximum atomic E-state index is 11.5. The van der Waals surface area contributed by atoms with Crippen molar-refractivity contribution in [1.29, 1.82) is 0 Å². The first kappa shape index (κ1) is 16.2. The van der Waals surface area contributed by atoms with Crippen molar-refractivity contribution < 1.29 is 14.3 Å². The average molecular weight is 278 g/mol. The lowest BCUT2D eigenvalue weighted by Crippen LogP contribution is -2.47. The first-order valence-corrected chi connectivity index (χ1v) is 6.64. The molecule has 0 radical (unpaired) electrons. The lowest BCUT2D eigenvalue weighted by atomic mass is 10.1. The quantitative estimate of drug-likeness (QED) is 0.572. The van der Waals surface area contributed by atoms with Gasteiger partial charge in [-0.25, -0.2) is 4.79 Å². The van der Waals surface area contributed by atoms with Crippen molar-refractivity contribution in [2.75, 3.05) is 20.2 Å². The Morgan fingerprint density at radius 1 is 1.35 bits per heavy atom. The number of hydrogen-bond donors (Lipinski definition) is 2. The Kier molecular flexibility index (Phi) is 6.73. The molecule has 0 saturated carbocycles. The summed E-state index contributed by atoms with van der Waals surface area (Å²) >= 11 is 0. The van der Waals surface area contributed by atoms with Gasteiger partial charge >= 0.3 is 5.97 Å². The highest BCUT2D eigenvalue weighted by molar-refractivity contribution is 5.83. The van der Waals surface area contributed by atoms with Gasteiger partial charge in [-0.1, -0.05) is 29.8 Å². The van der Waals surface area contributed by atoms with Crippen LogP contribution in [-0.2, 0) is 20.7 Å². The van der Waals surface area contributed by atoms with E-state index >= 15 is 0 Å². The second-order valence-electron chi connectivity index (χ2n) is 4.72. The molecule has 0 fully saturated rings. The van der Waals surface area contributed by atoms with Crippen molar-refractivity contribution in [3.05, 3.63) is 35.4 Å². The van der Waals surface area contributed by atoms with Gasteiger partial charge < -0.3 is 15.4 Å². The molecule has 20 heavy (non-hydrogen) atoms. The topological polar surface area (TPSA) is 67.4 Å². The van der Waals surface area contributed by atoms with E-state index in [1.54, 1.807) is 0 Å². The normalized spacial score (nSPS) is 11.8. The molecule has 1 rings (SSSR count). The molecule has 5 nitrogen and oxygen atoms in total. The second kappa shape index (κ2) is 8.32. The van der Waals surface area contributed by atoms with Crippen LogP contribution in [0.1, 0.15) is 18.1 Å². The van der Waals surface area contributed by atoms with E-state index in [2.05, 4.69) is 40.5 Å². The second-order valence-corrected chi connectivity index (χ2v) is 4.72. The predicted molar refractivity (Wildman–Crippen MR) is 77.4 cm³/mol. The fourth-order valence-corrected chi connectivity index (χ4v) is 1.93. The van der Waals surface area contributed by atoms with Gasteiger partial charge in [0.15, 0.2) is 0 Å². The zero-order valence-electron chi connectivity index (χ0n) is 12.2. The van der Waals surface area contributed by atoms with Crippen molar-refractivity contribution >= 4 is 11.9 Å². The summed E-state index contributed by atoms with van der Waals surface area (Å²) in [5.41, 5.74) is 2.47. The van der Waals surface area contributed by atoms with E-state index < -0.39 is 12.0 Å². The van der Waals surface area contributed by atoms with Crippen LogP contribution in [0.2, 0.25) is 0 Å². The van der Waals surface area contributed by atoms with Crippen LogP contribution < -0.4 is 10.6 Å². The lowest BCUT2D eigenvalue weighted by Gasteiger charge is -2.16. The monoisotopic (exact) mass is 278 g/mol. The van der Waals surface area contributed by atoms with Crippen LogP contribution >= 0.6 is 0 Å². The van der Waals surface area contributed by atoms with Gasteiger partial charge in [-0.05, 0) is 25.5 Å². The minimum absolute atomic E-state index is 0.249. The molecule has 0 spiro atoms. The fourth-order valence-electron chi connectivity index (χ4n) is 1.93.